The predicted molar refractivity (Wildman–Crippen MR) is 137 cm³/mol. The minimum atomic E-state index is -1.19. The first-order valence-corrected chi connectivity index (χ1v) is 15.8. The molecular formula is C27H29FN4O3Si. The van der Waals surface area contributed by atoms with E-state index in [0.29, 0.717) is 54.8 Å². The number of oxazole rings is 1. The second kappa shape index (κ2) is 9.52. The van der Waals surface area contributed by atoms with Gasteiger partial charge in [-0.05, 0) is 54.3 Å². The fourth-order valence-electron chi connectivity index (χ4n) is 4.51. The third-order valence-electron chi connectivity index (χ3n) is 6.47. The van der Waals surface area contributed by atoms with E-state index in [1.54, 1.807) is 19.2 Å². The summed E-state index contributed by atoms with van der Waals surface area (Å²) in [6.07, 6.45) is 2.58. The van der Waals surface area contributed by atoms with Gasteiger partial charge in [-0.2, -0.15) is 10.4 Å². The van der Waals surface area contributed by atoms with Crippen LogP contribution in [0, 0.1) is 24.1 Å². The SMILES string of the molecule is Cc1ncc(-c2nn(COCC[Si](C)(C)C)c3ccc(OC4CCc5c4ccc(C#N)c5F)cc23)o1. The number of nitrogens with zero attached hydrogens (tertiary/aromatic N) is 4. The Morgan fingerprint density at radius 2 is 2.08 bits per heavy atom. The van der Waals surface area contributed by atoms with Gasteiger partial charge in [0.05, 0.1) is 17.3 Å². The van der Waals surface area contributed by atoms with Gasteiger partial charge in [0.15, 0.2) is 11.7 Å². The van der Waals surface area contributed by atoms with E-state index < -0.39 is 13.9 Å². The molecule has 2 heterocycles. The molecule has 0 aliphatic heterocycles. The lowest BCUT2D eigenvalue weighted by Crippen LogP contribution is -2.22. The second-order valence-electron chi connectivity index (χ2n) is 10.4. The van der Waals surface area contributed by atoms with E-state index in [2.05, 4.69) is 24.6 Å². The minimum absolute atomic E-state index is 0.0716. The molecule has 186 valence electrons. The van der Waals surface area contributed by atoms with Crippen molar-refractivity contribution >= 4 is 19.0 Å². The van der Waals surface area contributed by atoms with Gasteiger partial charge < -0.3 is 13.9 Å². The Morgan fingerprint density at radius 3 is 2.81 bits per heavy atom. The van der Waals surface area contributed by atoms with Gasteiger partial charge in [-0.25, -0.2) is 14.1 Å². The van der Waals surface area contributed by atoms with Gasteiger partial charge in [0.1, 0.15) is 36.2 Å². The summed E-state index contributed by atoms with van der Waals surface area (Å²) in [5.74, 6) is 1.36. The smallest absolute Gasteiger partial charge is 0.191 e. The lowest BCUT2D eigenvalue weighted by atomic mass is 10.1. The van der Waals surface area contributed by atoms with E-state index in [9.17, 15) is 4.39 Å². The Kier molecular flexibility index (Phi) is 6.41. The molecule has 7 nitrogen and oxygen atoms in total. The largest absolute Gasteiger partial charge is 0.486 e. The quantitative estimate of drug-likeness (QED) is 0.204. The molecule has 0 saturated carbocycles. The van der Waals surface area contributed by atoms with Crippen molar-refractivity contribution in [2.75, 3.05) is 6.61 Å². The first-order valence-electron chi connectivity index (χ1n) is 12.1. The molecular weight excluding hydrogens is 475 g/mol. The number of fused-ring (bicyclic) bond motifs is 2. The van der Waals surface area contributed by atoms with E-state index in [1.165, 1.54) is 6.07 Å². The lowest BCUT2D eigenvalue weighted by molar-refractivity contribution is 0.0818. The Hall–Kier alpha value is -3.48. The maximum atomic E-state index is 14.6. The summed E-state index contributed by atoms with van der Waals surface area (Å²) in [7, 11) is -1.19. The maximum absolute atomic E-state index is 14.6. The molecule has 2 aromatic carbocycles. The second-order valence-corrected chi connectivity index (χ2v) is 16.0. The van der Waals surface area contributed by atoms with Gasteiger partial charge in [0.2, 0.25) is 0 Å². The number of ether oxygens (including phenoxy) is 2. The first kappa shape index (κ1) is 24.2. The minimum Gasteiger partial charge on any atom is -0.486 e. The molecule has 0 saturated heterocycles. The molecule has 1 unspecified atom stereocenters. The van der Waals surface area contributed by atoms with Crippen LogP contribution in [0.4, 0.5) is 4.39 Å². The average molecular weight is 505 g/mol. The highest BCUT2D eigenvalue weighted by atomic mass is 28.3. The van der Waals surface area contributed by atoms with Crippen LogP contribution in [0.15, 0.2) is 40.9 Å². The molecule has 0 spiro atoms. The lowest BCUT2D eigenvalue weighted by Gasteiger charge is -2.16. The molecule has 0 radical (unpaired) electrons. The van der Waals surface area contributed by atoms with Gasteiger partial charge in [-0.1, -0.05) is 25.7 Å². The van der Waals surface area contributed by atoms with E-state index in [0.717, 1.165) is 22.5 Å². The molecule has 2 aromatic heterocycles. The molecule has 0 fully saturated rings. The summed E-state index contributed by atoms with van der Waals surface area (Å²) in [5.41, 5.74) is 3.00. The molecule has 9 heteroatoms. The molecule has 5 rings (SSSR count). The fraction of sp³-hybridized carbons (Fsp3) is 0.370. The zero-order valence-corrected chi connectivity index (χ0v) is 22.0. The zero-order valence-electron chi connectivity index (χ0n) is 21.0. The van der Waals surface area contributed by atoms with E-state index in [1.807, 2.05) is 29.0 Å². The van der Waals surface area contributed by atoms with Crippen LogP contribution < -0.4 is 4.74 Å². The summed E-state index contributed by atoms with van der Waals surface area (Å²) in [5, 5.41) is 14.8. The Balaban J connectivity index is 1.44. The number of hydrogen-bond acceptors (Lipinski definition) is 6. The topological polar surface area (TPSA) is 86.1 Å². The van der Waals surface area contributed by atoms with E-state index >= 15 is 0 Å². The molecule has 36 heavy (non-hydrogen) atoms. The highest BCUT2D eigenvalue weighted by molar-refractivity contribution is 6.76. The summed E-state index contributed by atoms with van der Waals surface area (Å²) in [6, 6.07) is 12.1. The van der Waals surface area contributed by atoms with Gasteiger partial charge >= 0.3 is 0 Å². The number of nitriles is 1. The van der Waals surface area contributed by atoms with Gasteiger partial charge in [0.25, 0.3) is 0 Å². The van der Waals surface area contributed by atoms with Gasteiger partial charge in [-0.3, -0.25) is 0 Å². The molecule has 1 aliphatic carbocycles. The summed E-state index contributed by atoms with van der Waals surface area (Å²) < 4.78 is 34.5. The molecule has 1 atom stereocenters. The molecule has 4 aromatic rings. The standard InChI is InChI=1S/C27H29FN4O3Si/c1-17-30-15-25(34-17)27-22-13-19(6-9-23(22)32(31-27)16-33-11-12-36(2,3)4)35-24-10-8-21-20(24)7-5-18(14-29)26(21)28/h5-7,9,13,15,24H,8,10-12,16H2,1-4H3. The average Bonchev–Trinajstić information content (AvgIpc) is 3.54. The van der Waals surface area contributed by atoms with E-state index in [-0.39, 0.29) is 11.7 Å². The van der Waals surface area contributed by atoms with Crippen molar-refractivity contribution in [1.29, 1.82) is 5.26 Å². The highest BCUT2D eigenvalue weighted by Gasteiger charge is 2.28. The molecule has 0 bridgehead atoms. The van der Waals surface area contributed by atoms with Crippen LogP contribution in [0.2, 0.25) is 25.7 Å². The van der Waals surface area contributed by atoms with Crippen molar-refractivity contribution in [3.05, 3.63) is 64.9 Å². The Labute approximate surface area is 210 Å². The van der Waals surface area contributed by atoms with Crippen LogP contribution >= 0.6 is 0 Å². The van der Waals surface area contributed by atoms with Crippen molar-refractivity contribution < 1.29 is 18.3 Å². The van der Waals surface area contributed by atoms with E-state index in [4.69, 9.17) is 24.3 Å². The molecule has 1 aliphatic rings. The van der Waals surface area contributed by atoms with Crippen LogP contribution in [0.1, 0.15) is 35.1 Å². The van der Waals surface area contributed by atoms with Crippen molar-refractivity contribution in [2.24, 2.45) is 0 Å². The third-order valence-corrected chi connectivity index (χ3v) is 8.17. The van der Waals surface area contributed by atoms with Crippen LogP contribution in [0.25, 0.3) is 22.4 Å². The van der Waals surface area contributed by atoms with Crippen molar-refractivity contribution in [1.82, 2.24) is 14.8 Å². The van der Waals surface area contributed by atoms with Crippen LogP contribution in [-0.4, -0.2) is 29.4 Å². The van der Waals surface area contributed by atoms with Crippen LogP contribution in [0.5, 0.6) is 5.75 Å². The Bertz CT molecular complexity index is 1460. The van der Waals surface area contributed by atoms with Crippen molar-refractivity contribution in [3.8, 4) is 23.3 Å². The molecule has 0 amide bonds. The summed E-state index contributed by atoms with van der Waals surface area (Å²) >= 11 is 0. The fourth-order valence-corrected chi connectivity index (χ4v) is 5.26. The highest BCUT2D eigenvalue weighted by Crippen LogP contribution is 2.39. The third kappa shape index (κ3) is 4.79. The van der Waals surface area contributed by atoms with Crippen molar-refractivity contribution in [2.45, 2.75) is 58.3 Å². The van der Waals surface area contributed by atoms with Crippen LogP contribution in [-0.2, 0) is 17.9 Å². The normalized spacial score (nSPS) is 15.3. The number of hydrogen-bond donors (Lipinski definition) is 0. The van der Waals surface area contributed by atoms with Crippen LogP contribution in [0.3, 0.4) is 0 Å². The molecule has 0 N–H and O–H groups in total. The monoisotopic (exact) mass is 504 g/mol. The van der Waals surface area contributed by atoms with Crippen molar-refractivity contribution in [3.63, 3.8) is 0 Å². The van der Waals surface area contributed by atoms with Gasteiger partial charge in [-0.15, -0.1) is 0 Å². The predicted octanol–water partition coefficient (Wildman–Crippen LogP) is 6.39. The number of aromatic nitrogens is 3. The summed E-state index contributed by atoms with van der Waals surface area (Å²) in [4.78, 5) is 4.23. The number of halogens is 1. The zero-order chi connectivity index (χ0) is 25.4. The first-order chi connectivity index (χ1) is 17.2. The summed E-state index contributed by atoms with van der Waals surface area (Å²) in [6.45, 7) is 9.80. The van der Waals surface area contributed by atoms with Gasteiger partial charge in [0, 0.05) is 27.0 Å². The number of benzene rings is 2. The maximum Gasteiger partial charge on any atom is 0.191 e. The number of aryl methyl sites for hydroxylation is 1. The number of rotatable bonds is 8. The Morgan fingerprint density at radius 1 is 1.25 bits per heavy atom.